The summed E-state index contributed by atoms with van der Waals surface area (Å²) in [4.78, 5) is 24.9. The molecule has 184 valence electrons. The molecule has 10 heteroatoms. The van der Waals surface area contributed by atoms with Gasteiger partial charge in [0.25, 0.3) is 0 Å². The van der Waals surface area contributed by atoms with Gasteiger partial charge in [0, 0.05) is 25.1 Å². The lowest BCUT2D eigenvalue weighted by Gasteiger charge is -2.31. The van der Waals surface area contributed by atoms with E-state index in [2.05, 4.69) is 5.32 Å². The highest BCUT2D eigenvalue weighted by atomic mass is 32.2. The quantitative estimate of drug-likeness (QED) is 0.538. The number of methoxy groups -OCH3 is 3. The molecule has 9 nitrogen and oxygen atoms in total. The van der Waals surface area contributed by atoms with Gasteiger partial charge in [-0.1, -0.05) is 30.3 Å². The van der Waals surface area contributed by atoms with Crippen LogP contribution in [-0.2, 0) is 24.3 Å². The number of esters is 1. The van der Waals surface area contributed by atoms with Crippen LogP contribution in [0.1, 0.15) is 30.9 Å². The average molecular weight is 491 g/mol. The van der Waals surface area contributed by atoms with Crippen LogP contribution in [0.5, 0.6) is 11.5 Å². The number of nitrogens with one attached hydrogen (secondary N) is 1. The molecule has 1 fully saturated rings. The number of nitrogens with zero attached hydrogens (tertiary/aromatic N) is 1. The van der Waals surface area contributed by atoms with E-state index in [1.165, 1.54) is 37.8 Å². The Morgan fingerprint density at radius 1 is 1.00 bits per heavy atom. The second kappa shape index (κ2) is 11.3. The van der Waals surface area contributed by atoms with Crippen molar-refractivity contribution in [3.63, 3.8) is 0 Å². The fourth-order valence-electron chi connectivity index (χ4n) is 3.96. The number of piperidine rings is 1. The normalized spacial score (nSPS) is 15.9. The fourth-order valence-corrected chi connectivity index (χ4v) is 5.45. The molecule has 2 aromatic carbocycles. The monoisotopic (exact) mass is 490 g/mol. The molecule has 0 saturated carbocycles. The first-order valence-corrected chi connectivity index (χ1v) is 12.4. The summed E-state index contributed by atoms with van der Waals surface area (Å²) in [6.45, 7) is 0.420. The number of benzene rings is 2. The number of carbonyl (C=O) groups is 2. The van der Waals surface area contributed by atoms with Gasteiger partial charge in [0.15, 0.2) is 11.5 Å². The lowest BCUT2D eigenvalue weighted by molar-refractivity contribution is -0.141. The number of rotatable bonds is 9. The summed E-state index contributed by atoms with van der Waals surface area (Å²) in [7, 11) is 0.484. The van der Waals surface area contributed by atoms with Crippen molar-refractivity contribution in [2.45, 2.75) is 30.2 Å². The zero-order valence-corrected chi connectivity index (χ0v) is 20.3. The van der Waals surface area contributed by atoms with Crippen molar-refractivity contribution < 1.29 is 32.2 Å². The summed E-state index contributed by atoms with van der Waals surface area (Å²) in [5.41, 5.74) is 0.801. The Kier molecular flexibility index (Phi) is 8.51. The second-order valence-corrected chi connectivity index (χ2v) is 9.89. The largest absolute Gasteiger partial charge is 0.493 e. The molecule has 0 aromatic heterocycles. The molecule has 1 amide bonds. The van der Waals surface area contributed by atoms with E-state index >= 15 is 0 Å². The van der Waals surface area contributed by atoms with Gasteiger partial charge < -0.3 is 19.5 Å². The van der Waals surface area contributed by atoms with Crippen LogP contribution in [0.2, 0.25) is 0 Å². The number of hydrogen-bond donors (Lipinski definition) is 1. The molecule has 0 aliphatic carbocycles. The first-order valence-electron chi connectivity index (χ1n) is 10.9. The maximum atomic E-state index is 13.1. The molecule has 1 heterocycles. The SMILES string of the molecule is COC(=O)CC(NC(=O)C1CCN(S(=O)(=O)c2ccc(OC)c(OC)c2)CC1)c1ccccc1. The molecular formula is C24H30N2O7S. The summed E-state index contributed by atoms with van der Waals surface area (Å²) in [6, 6.07) is 13.2. The van der Waals surface area contributed by atoms with Crippen molar-refractivity contribution in [3.05, 3.63) is 54.1 Å². The predicted octanol–water partition coefficient (Wildman–Crippen LogP) is 2.53. The van der Waals surface area contributed by atoms with Crippen LogP contribution in [0.25, 0.3) is 0 Å². The topological polar surface area (TPSA) is 111 Å². The van der Waals surface area contributed by atoms with E-state index < -0.39 is 22.0 Å². The average Bonchev–Trinajstić information content (AvgIpc) is 2.88. The van der Waals surface area contributed by atoms with E-state index in [0.717, 1.165) is 5.56 Å². The van der Waals surface area contributed by atoms with Crippen molar-refractivity contribution in [2.75, 3.05) is 34.4 Å². The third-order valence-corrected chi connectivity index (χ3v) is 7.83. The van der Waals surface area contributed by atoms with Crippen LogP contribution in [-0.4, -0.2) is 59.0 Å². The molecular weight excluding hydrogens is 460 g/mol. The van der Waals surface area contributed by atoms with Gasteiger partial charge in [-0.3, -0.25) is 9.59 Å². The van der Waals surface area contributed by atoms with Crippen molar-refractivity contribution in [1.82, 2.24) is 9.62 Å². The number of sulfonamides is 1. The van der Waals surface area contributed by atoms with E-state index in [-0.39, 0.29) is 36.2 Å². The van der Waals surface area contributed by atoms with Gasteiger partial charge >= 0.3 is 5.97 Å². The third-order valence-electron chi connectivity index (χ3n) is 5.93. The Morgan fingerprint density at radius 3 is 2.24 bits per heavy atom. The maximum absolute atomic E-state index is 13.1. The molecule has 3 rings (SSSR count). The van der Waals surface area contributed by atoms with Gasteiger partial charge in [-0.25, -0.2) is 8.42 Å². The number of amides is 1. The lowest BCUT2D eigenvalue weighted by Crippen LogP contribution is -2.44. The molecule has 0 spiro atoms. The van der Waals surface area contributed by atoms with Crippen molar-refractivity contribution in [1.29, 1.82) is 0 Å². The Balaban J connectivity index is 1.66. The molecule has 1 unspecified atom stereocenters. The molecule has 0 bridgehead atoms. The molecule has 1 atom stereocenters. The number of ether oxygens (including phenoxy) is 3. The van der Waals surface area contributed by atoms with Gasteiger partial charge in [-0.05, 0) is 30.5 Å². The fraction of sp³-hybridized carbons (Fsp3) is 0.417. The second-order valence-electron chi connectivity index (χ2n) is 7.95. The molecule has 1 aliphatic rings. The first kappa shape index (κ1) is 25.5. The van der Waals surface area contributed by atoms with E-state index in [0.29, 0.717) is 24.3 Å². The Labute approximate surface area is 200 Å². The number of carbonyl (C=O) groups excluding carboxylic acids is 2. The Bertz CT molecular complexity index is 1100. The Hall–Kier alpha value is -3.11. The lowest BCUT2D eigenvalue weighted by atomic mass is 9.95. The van der Waals surface area contributed by atoms with Gasteiger partial charge in [0.05, 0.1) is 38.7 Å². The van der Waals surface area contributed by atoms with E-state index in [4.69, 9.17) is 14.2 Å². The van der Waals surface area contributed by atoms with Crippen LogP contribution < -0.4 is 14.8 Å². The first-order chi connectivity index (χ1) is 16.3. The highest BCUT2D eigenvalue weighted by Crippen LogP contribution is 2.32. The molecule has 2 aromatic rings. The van der Waals surface area contributed by atoms with E-state index in [9.17, 15) is 18.0 Å². The summed E-state index contributed by atoms with van der Waals surface area (Å²) in [6.07, 6.45) is 0.759. The van der Waals surface area contributed by atoms with Gasteiger partial charge in [-0.2, -0.15) is 4.31 Å². The minimum atomic E-state index is -3.75. The maximum Gasteiger partial charge on any atom is 0.307 e. The van der Waals surface area contributed by atoms with Crippen LogP contribution in [0, 0.1) is 5.92 Å². The van der Waals surface area contributed by atoms with Gasteiger partial charge in [-0.15, -0.1) is 0 Å². The molecule has 1 N–H and O–H groups in total. The minimum Gasteiger partial charge on any atom is -0.493 e. The smallest absolute Gasteiger partial charge is 0.307 e. The van der Waals surface area contributed by atoms with Crippen LogP contribution in [0.3, 0.4) is 0 Å². The summed E-state index contributed by atoms with van der Waals surface area (Å²) >= 11 is 0. The molecule has 1 aliphatic heterocycles. The minimum absolute atomic E-state index is 0.0127. The molecule has 34 heavy (non-hydrogen) atoms. The third kappa shape index (κ3) is 5.87. The van der Waals surface area contributed by atoms with Crippen molar-refractivity contribution >= 4 is 21.9 Å². The van der Waals surface area contributed by atoms with Crippen molar-refractivity contribution in [2.24, 2.45) is 5.92 Å². The van der Waals surface area contributed by atoms with E-state index in [1.54, 1.807) is 6.07 Å². The zero-order valence-electron chi connectivity index (χ0n) is 19.5. The van der Waals surface area contributed by atoms with Crippen LogP contribution in [0.4, 0.5) is 0 Å². The standard InChI is InChI=1S/C24H30N2O7S/c1-31-21-10-9-19(15-22(21)32-2)34(29,30)26-13-11-18(12-14-26)24(28)25-20(16-23(27)33-3)17-7-5-4-6-8-17/h4-10,15,18,20H,11-14,16H2,1-3H3,(H,25,28). The molecule has 1 saturated heterocycles. The van der Waals surface area contributed by atoms with Crippen LogP contribution >= 0.6 is 0 Å². The molecule has 0 radical (unpaired) electrons. The van der Waals surface area contributed by atoms with Gasteiger partial charge in [0.2, 0.25) is 15.9 Å². The van der Waals surface area contributed by atoms with E-state index in [1.807, 2.05) is 30.3 Å². The highest BCUT2D eigenvalue weighted by molar-refractivity contribution is 7.89. The summed E-state index contributed by atoms with van der Waals surface area (Å²) in [5.74, 6) is -0.223. The zero-order chi connectivity index (χ0) is 24.7. The number of hydrogen-bond acceptors (Lipinski definition) is 7. The van der Waals surface area contributed by atoms with Gasteiger partial charge in [0.1, 0.15) is 0 Å². The van der Waals surface area contributed by atoms with Crippen molar-refractivity contribution in [3.8, 4) is 11.5 Å². The predicted molar refractivity (Wildman–Crippen MR) is 125 cm³/mol. The Morgan fingerprint density at radius 2 is 1.65 bits per heavy atom. The van der Waals surface area contributed by atoms with Crippen LogP contribution in [0.15, 0.2) is 53.4 Å². The summed E-state index contributed by atoms with van der Waals surface area (Å²) < 4.78 is 42.8. The highest BCUT2D eigenvalue weighted by Gasteiger charge is 2.33. The summed E-state index contributed by atoms with van der Waals surface area (Å²) in [5, 5.41) is 2.94.